The highest BCUT2D eigenvalue weighted by Gasteiger charge is 2.36. The van der Waals surface area contributed by atoms with Crippen LogP contribution in [0.25, 0.3) is 0 Å². The molecule has 5 nitrogen and oxygen atoms in total. The topological polar surface area (TPSA) is 66.6 Å². The average Bonchev–Trinajstić information content (AvgIpc) is 2.81. The van der Waals surface area contributed by atoms with Crippen LogP contribution in [0.2, 0.25) is 0 Å². The Bertz CT molecular complexity index is 374. The van der Waals surface area contributed by atoms with Gasteiger partial charge in [-0.3, -0.25) is 9.59 Å². The summed E-state index contributed by atoms with van der Waals surface area (Å²) in [5.41, 5.74) is 6.04. The number of likely N-dealkylation sites (tertiary alicyclic amines) is 1. The molecule has 1 rings (SSSR count). The molecule has 130 valence electrons. The molecule has 1 fully saturated rings. The number of amides is 2. The van der Waals surface area contributed by atoms with E-state index in [2.05, 4.69) is 13.8 Å². The predicted octanol–water partition coefficient (Wildman–Crippen LogP) is 1.89. The van der Waals surface area contributed by atoms with Crippen molar-refractivity contribution in [3.8, 4) is 0 Å². The van der Waals surface area contributed by atoms with E-state index in [1.165, 1.54) is 0 Å². The third-order valence-corrected chi connectivity index (χ3v) is 4.36. The zero-order valence-corrected chi connectivity index (χ0v) is 15.4. The number of rotatable bonds is 7. The lowest BCUT2D eigenvalue weighted by atomic mass is 9.99. The van der Waals surface area contributed by atoms with Crippen molar-refractivity contribution in [2.75, 3.05) is 20.1 Å². The van der Waals surface area contributed by atoms with Gasteiger partial charge in [0.1, 0.15) is 6.04 Å². The fourth-order valence-electron chi connectivity index (χ4n) is 2.75. The summed E-state index contributed by atoms with van der Waals surface area (Å²) >= 11 is 0. The van der Waals surface area contributed by atoms with Gasteiger partial charge < -0.3 is 15.5 Å². The molecule has 2 N–H and O–H groups in total. The first-order chi connectivity index (χ1) is 9.75. The Morgan fingerprint density at radius 3 is 2.27 bits per heavy atom. The number of carbonyl (C=O) groups excluding carboxylic acids is 2. The van der Waals surface area contributed by atoms with Gasteiger partial charge in [-0.25, -0.2) is 0 Å². The van der Waals surface area contributed by atoms with E-state index >= 15 is 0 Å². The summed E-state index contributed by atoms with van der Waals surface area (Å²) in [6, 6.07) is -0.230. The number of nitrogens with zero attached hydrogens (tertiary/aromatic N) is 2. The zero-order chi connectivity index (χ0) is 16.2. The second-order valence-electron chi connectivity index (χ2n) is 6.84. The van der Waals surface area contributed by atoms with E-state index in [4.69, 9.17) is 5.73 Å². The Morgan fingerprint density at radius 1 is 1.27 bits per heavy atom. The van der Waals surface area contributed by atoms with Gasteiger partial charge in [0.15, 0.2) is 0 Å². The molecule has 0 aromatic carbocycles. The highest BCUT2D eigenvalue weighted by Crippen LogP contribution is 2.21. The summed E-state index contributed by atoms with van der Waals surface area (Å²) in [5, 5.41) is 0. The number of nitrogens with two attached hydrogens (primary N) is 1. The molecule has 2 unspecified atom stereocenters. The van der Waals surface area contributed by atoms with Crippen LogP contribution in [0.15, 0.2) is 0 Å². The molecular formula is C16H32ClN3O2. The van der Waals surface area contributed by atoms with Gasteiger partial charge in [-0.1, -0.05) is 27.7 Å². The van der Waals surface area contributed by atoms with Gasteiger partial charge in [0.25, 0.3) is 0 Å². The highest BCUT2D eigenvalue weighted by molar-refractivity contribution is 5.88. The Hall–Kier alpha value is -0.810. The van der Waals surface area contributed by atoms with Crippen LogP contribution in [0.3, 0.4) is 0 Å². The van der Waals surface area contributed by atoms with Crippen molar-refractivity contribution in [2.45, 2.75) is 59.0 Å². The van der Waals surface area contributed by atoms with E-state index in [-0.39, 0.29) is 42.2 Å². The molecule has 2 amide bonds. The summed E-state index contributed by atoms with van der Waals surface area (Å²) in [4.78, 5) is 28.1. The minimum absolute atomic E-state index is 0. The molecule has 2 atom stereocenters. The van der Waals surface area contributed by atoms with Crippen LogP contribution in [0.4, 0.5) is 0 Å². The number of carbonyl (C=O) groups is 2. The molecular weight excluding hydrogens is 302 g/mol. The monoisotopic (exact) mass is 333 g/mol. The van der Waals surface area contributed by atoms with Gasteiger partial charge in [-0.2, -0.15) is 0 Å². The molecule has 0 aromatic rings. The largest absolute Gasteiger partial charge is 0.344 e. The SMILES string of the molecule is CC(C)C(N)CCN(C)C(=O)C(C(C)C)N1CCCC1=O.Cl. The number of halogens is 1. The average molecular weight is 334 g/mol. The lowest BCUT2D eigenvalue weighted by Gasteiger charge is -2.33. The maximum atomic E-state index is 12.7. The summed E-state index contributed by atoms with van der Waals surface area (Å²) in [6.45, 7) is 9.53. The molecule has 0 spiro atoms. The van der Waals surface area contributed by atoms with Crippen molar-refractivity contribution in [3.63, 3.8) is 0 Å². The molecule has 0 aromatic heterocycles. The summed E-state index contributed by atoms with van der Waals surface area (Å²) in [6.07, 6.45) is 2.22. The minimum atomic E-state index is -0.333. The zero-order valence-electron chi connectivity index (χ0n) is 14.5. The molecule has 6 heteroatoms. The number of hydrogen-bond acceptors (Lipinski definition) is 3. The Labute approximate surface area is 141 Å². The van der Waals surface area contributed by atoms with Crippen LogP contribution < -0.4 is 5.73 Å². The maximum absolute atomic E-state index is 12.7. The standard InChI is InChI=1S/C16H31N3O2.ClH/c1-11(2)13(17)8-10-18(5)16(21)15(12(3)4)19-9-6-7-14(19)20;/h11-13,15H,6-10,17H2,1-5H3;1H. The lowest BCUT2D eigenvalue weighted by molar-refractivity contribution is -0.144. The predicted molar refractivity (Wildman–Crippen MR) is 91.9 cm³/mol. The third kappa shape index (κ3) is 5.43. The van der Waals surface area contributed by atoms with Crippen LogP contribution in [0, 0.1) is 11.8 Å². The first-order valence-corrected chi connectivity index (χ1v) is 8.05. The smallest absolute Gasteiger partial charge is 0.245 e. The first-order valence-electron chi connectivity index (χ1n) is 8.05. The van der Waals surface area contributed by atoms with E-state index in [0.717, 1.165) is 12.8 Å². The molecule has 1 saturated heterocycles. The van der Waals surface area contributed by atoms with Crippen molar-refractivity contribution in [2.24, 2.45) is 17.6 Å². The highest BCUT2D eigenvalue weighted by atomic mass is 35.5. The maximum Gasteiger partial charge on any atom is 0.245 e. The molecule has 1 aliphatic rings. The van der Waals surface area contributed by atoms with E-state index in [1.54, 1.807) is 9.80 Å². The fraction of sp³-hybridized carbons (Fsp3) is 0.875. The molecule has 1 aliphatic heterocycles. The summed E-state index contributed by atoms with van der Waals surface area (Å²) < 4.78 is 0. The second kappa shape index (κ2) is 9.36. The van der Waals surface area contributed by atoms with E-state index < -0.39 is 0 Å². The van der Waals surface area contributed by atoms with Gasteiger partial charge in [0, 0.05) is 32.6 Å². The van der Waals surface area contributed by atoms with Gasteiger partial charge in [-0.15, -0.1) is 12.4 Å². The van der Waals surface area contributed by atoms with Crippen molar-refractivity contribution in [1.29, 1.82) is 0 Å². The van der Waals surface area contributed by atoms with E-state index in [0.29, 0.717) is 25.4 Å². The van der Waals surface area contributed by atoms with Crippen LogP contribution in [-0.2, 0) is 9.59 Å². The van der Waals surface area contributed by atoms with Crippen molar-refractivity contribution < 1.29 is 9.59 Å². The molecule has 0 bridgehead atoms. The fourth-order valence-corrected chi connectivity index (χ4v) is 2.75. The van der Waals surface area contributed by atoms with Gasteiger partial charge in [0.2, 0.25) is 11.8 Å². The lowest BCUT2D eigenvalue weighted by Crippen LogP contribution is -2.51. The van der Waals surface area contributed by atoms with Gasteiger partial charge in [0.05, 0.1) is 0 Å². The second-order valence-corrected chi connectivity index (χ2v) is 6.84. The first kappa shape index (κ1) is 21.2. The van der Waals surface area contributed by atoms with Crippen LogP contribution >= 0.6 is 12.4 Å². The van der Waals surface area contributed by atoms with E-state index in [1.807, 2.05) is 20.9 Å². The Balaban J connectivity index is 0.00000441. The molecule has 1 heterocycles. The number of likely N-dealkylation sites (N-methyl/N-ethyl adjacent to an activating group) is 1. The van der Waals surface area contributed by atoms with Crippen molar-refractivity contribution >= 4 is 24.2 Å². The van der Waals surface area contributed by atoms with Crippen LogP contribution in [0.5, 0.6) is 0 Å². The van der Waals surface area contributed by atoms with Crippen LogP contribution in [-0.4, -0.2) is 53.8 Å². The molecule has 22 heavy (non-hydrogen) atoms. The molecule has 0 saturated carbocycles. The van der Waals surface area contributed by atoms with E-state index in [9.17, 15) is 9.59 Å². The van der Waals surface area contributed by atoms with Crippen LogP contribution in [0.1, 0.15) is 47.0 Å². The number of hydrogen-bond donors (Lipinski definition) is 1. The minimum Gasteiger partial charge on any atom is -0.344 e. The van der Waals surface area contributed by atoms with Gasteiger partial charge >= 0.3 is 0 Å². The Morgan fingerprint density at radius 2 is 1.86 bits per heavy atom. The molecule has 0 aliphatic carbocycles. The summed E-state index contributed by atoms with van der Waals surface area (Å²) in [5.74, 6) is 0.681. The van der Waals surface area contributed by atoms with Gasteiger partial charge in [-0.05, 0) is 24.7 Å². The third-order valence-electron chi connectivity index (χ3n) is 4.36. The Kier molecular flexibility index (Phi) is 9.01. The normalized spacial score (nSPS) is 17.6. The molecule has 0 radical (unpaired) electrons. The van der Waals surface area contributed by atoms with Crippen molar-refractivity contribution in [3.05, 3.63) is 0 Å². The summed E-state index contributed by atoms with van der Waals surface area (Å²) in [7, 11) is 1.81. The van der Waals surface area contributed by atoms with Crippen molar-refractivity contribution in [1.82, 2.24) is 9.80 Å². The quantitative estimate of drug-likeness (QED) is 0.773.